The van der Waals surface area contributed by atoms with E-state index in [1.54, 1.807) is 29.3 Å². The fourth-order valence-electron chi connectivity index (χ4n) is 4.47. The Balaban J connectivity index is 1.15. The number of carbonyl (C=O) groups excluding carboxylic acids is 2. The Kier molecular flexibility index (Phi) is 7.39. The maximum atomic E-state index is 12.8. The lowest BCUT2D eigenvalue weighted by Gasteiger charge is -2.32. The van der Waals surface area contributed by atoms with Crippen molar-refractivity contribution in [2.75, 3.05) is 18.4 Å². The normalized spacial score (nSPS) is 13.9. The first-order chi connectivity index (χ1) is 18.5. The van der Waals surface area contributed by atoms with Gasteiger partial charge in [-0.25, -0.2) is 9.97 Å². The van der Waals surface area contributed by atoms with E-state index in [9.17, 15) is 18.4 Å². The number of halogens is 2. The van der Waals surface area contributed by atoms with E-state index < -0.39 is 6.61 Å². The zero-order chi connectivity index (χ0) is 26.5. The number of hydrogen-bond acceptors (Lipinski definition) is 6. The van der Waals surface area contributed by atoms with Gasteiger partial charge in [-0.2, -0.15) is 8.78 Å². The molecule has 38 heavy (non-hydrogen) atoms. The van der Waals surface area contributed by atoms with Gasteiger partial charge in [0.1, 0.15) is 11.4 Å². The van der Waals surface area contributed by atoms with Crippen LogP contribution in [0.5, 0.6) is 5.75 Å². The van der Waals surface area contributed by atoms with E-state index in [-0.39, 0.29) is 29.2 Å². The minimum atomic E-state index is -2.94. The molecule has 0 spiro atoms. The number of ether oxygens (including phenoxy) is 1. The van der Waals surface area contributed by atoms with Gasteiger partial charge >= 0.3 is 6.61 Å². The molecule has 2 aromatic carbocycles. The van der Waals surface area contributed by atoms with E-state index in [4.69, 9.17) is 4.42 Å². The van der Waals surface area contributed by atoms with Gasteiger partial charge in [0.05, 0.1) is 12.4 Å². The maximum Gasteiger partial charge on any atom is 0.387 e. The molecule has 0 saturated carbocycles. The summed E-state index contributed by atoms with van der Waals surface area (Å²) in [6.07, 6.45) is 5.62. The summed E-state index contributed by atoms with van der Waals surface area (Å²) in [7, 11) is 0. The molecule has 8 nitrogen and oxygen atoms in total. The van der Waals surface area contributed by atoms with Gasteiger partial charge in [0, 0.05) is 29.9 Å². The van der Waals surface area contributed by atoms with E-state index in [1.165, 1.54) is 18.5 Å². The smallest absolute Gasteiger partial charge is 0.387 e. The lowest BCUT2D eigenvalue weighted by atomic mass is 9.89. The Morgan fingerprint density at radius 2 is 1.82 bits per heavy atom. The van der Waals surface area contributed by atoms with Crippen LogP contribution in [0, 0.1) is 0 Å². The molecule has 0 aliphatic carbocycles. The Morgan fingerprint density at radius 3 is 2.47 bits per heavy atom. The van der Waals surface area contributed by atoms with E-state index in [0.29, 0.717) is 30.1 Å². The van der Waals surface area contributed by atoms with Crippen LogP contribution in [-0.2, 0) is 0 Å². The van der Waals surface area contributed by atoms with Crippen LogP contribution < -0.4 is 10.1 Å². The van der Waals surface area contributed by atoms with Gasteiger partial charge in [0.25, 0.3) is 11.8 Å². The number of carbonyl (C=O) groups is 2. The third-order valence-corrected chi connectivity index (χ3v) is 6.44. The van der Waals surface area contributed by atoms with Crippen molar-refractivity contribution in [2.45, 2.75) is 25.4 Å². The van der Waals surface area contributed by atoms with E-state index in [1.807, 2.05) is 30.3 Å². The highest BCUT2D eigenvalue weighted by Gasteiger charge is 2.25. The summed E-state index contributed by atoms with van der Waals surface area (Å²) < 4.78 is 34.2. The molecular weight excluding hydrogens is 494 g/mol. The second kappa shape index (κ2) is 11.2. The molecule has 1 saturated heterocycles. The average molecular weight is 519 g/mol. The van der Waals surface area contributed by atoms with Crippen molar-refractivity contribution < 1.29 is 27.5 Å². The molecule has 1 N–H and O–H groups in total. The molecule has 4 aromatic rings. The first-order valence-corrected chi connectivity index (χ1v) is 12.1. The second-order valence-electron chi connectivity index (χ2n) is 8.85. The summed E-state index contributed by atoms with van der Waals surface area (Å²) in [5, 5.41) is 2.92. The minimum Gasteiger partial charge on any atom is -0.444 e. The fourth-order valence-corrected chi connectivity index (χ4v) is 4.47. The Morgan fingerprint density at radius 1 is 1.03 bits per heavy atom. The SMILES string of the molecule is O=C(Nc1ccc(C2CCN(C(=O)c3ccc(OC(F)F)cn3)CC2)cc1)c1cccc(-c2cnco2)c1. The number of alkyl halides is 2. The molecule has 10 heteroatoms. The molecule has 0 radical (unpaired) electrons. The van der Waals surface area contributed by atoms with Crippen LogP contribution in [0.4, 0.5) is 14.5 Å². The third-order valence-electron chi connectivity index (χ3n) is 6.44. The van der Waals surface area contributed by atoms with Gasteiger partial charge in [-0.3, -0.25) is 9.59 Å². The van der Waals surface area contributed by atoms with Gasteiger partial charge in [-0.05, 0) is 60.7 Å². The molecule has 3 heterocycles. The molecular formula is C28H24F2N4O4. The van der Waals surface area contributed by atoms with Crippen LogP contribution >= 0.6 is 0 Å². The number of hydrogen-bond donors (Lipinski definition) is 1. The van der Waals surface area contributed by atoms with Crippen molar-refractivity contribution in [2.24, 2.45) is 0 Å². The molecule has 0 bridgehead atoms. The lowest BCUT2D eigenvalue weighted by molar-refractivity contribution is -0.0500. The molecule has 5 rings (SSSR count). The van der Waals surface area contributed by atoms with Crippen LogP contribution in [0.1, 0.15) is 45.2 Å². The topological polar surface area (TPSA) is 97.6 Å². The van der Waals surface area contributed by atoms with Crippen molar-refractivity contribution >= 4 is 17.5 Å². The summed E-state index contributed by atoms with van der Waals surface area (Å²) in [4.78, 5) is 35.1. The number of pyridine rings is 1. The highest BCUT2D eigenvalue weighted by Crippen LogP contribution is 2.30. The molecule has 2 amide bonds. The number of anilines is 1. The zero-order valence-corrected chi connectivity index (χ0v) is 20.2. The number of piperidine rings is 1. The summed E-state index contributed by atoms with van der Waals surface area (Å²) in [5.74, 6) is 0.309. The number of benzene rings is 2. The summed E-state index contributed by atoms with van der Waals surface area (Å²) in [6.45, 7) is -1.83. The number of nitrogens with zero attached hydrogens (tertiary/aromatic N) is 3. The lowest BCUT2D eigenvalue weighted by Crippen LogP contribution is -2.38. The van der Waals surface area contributed by atoms with Crippen molar-refractivity contribution in [1.82, 2.24) is 14.9 Å². The predicted molar refractivity (Wildman–Crippen MR) is 135 cm³/mol. The molecule has 1 aliphatic heterocycles. The number of aromatic nitrogens is 2. The van der Waals surface area contributed by atoms with E-state index >= 15 is 0 Å². The van der Waals surface area contributed by atoms with Gasteiger partial charge in [0.2, 0.25) is 0 Å². The van der Waals surface area contributed by atoms with Gasteiger partial charge in [-0.15, -0.1) is 0 Å². The van der Waals surface area contributed by atoms with Gasteiger partial charge < -0.3 is 19.4 Å². The van der Waals surface area contributed by atoms with Crippen LogP contribution in [0.2, 0.25) is 0 Å². The van der Waals surface area contributed by atoms with E-state index in [2.05, 4.69) is 20.0 Å². The van der Waals surface area contributed by atoms with Crippen molar-refractivity contribution in [1.29, 1.82) is 0 Å². The first kappa shape index (κ1) is 25.1. The van der Waals surface area contributed by atoms with Crippen molar-refractivity contribution in [3.05, 3.63) is 96.3 Å². The van der Waals surface area contributed by atoms with Crippen molar-refractivity contribution in [3.8, 4) is 17.1 Å². The quantitative estimate of drug-likeness (QED) is 0.342. The van der Waals surface area contributed by atoms with Crippen LogP contribution in [-0.4, -0.2) is 46.4 Å². The minimum absolute atomic E-state index is 0.0881. The Hall–Kier alpha value is -4.60. The van der Waals surface area contributed by atoms with Crippen LogP contribution in [0.3, 0.4) is 0 Å². The molecule has 194 valence electrons. The van der Waals surface area contributed by atoms with Crippen LogP contribution in [0.15, 0.2) is 83.9 Å². The number of oxazole rings is 1. The highest BCUT2D eigenvalue weighted by molar-refractivity contribution is 6.04. The Bertz CT molecular complexity index is 1390. The molecule has 1 fully saturated rings. The van der Waals surface area contributed by atoms with Gasteiger partial charge in [-0.1, -0.05) is 24.3 Å². The predicted octanol–water partition coefficient (Wildman–Crippen LogP) is 5.61. The summed E-state index contributed by atoms with van der Waals surface area (Å²) in [6, 6.07) is 17.6. The van der Waals surface area contributed by atoms with Gasteiger partial charge in [0.15, 0.2) is 12.2 Å². The average Bonchev–Trinajstić information content (AvgIpc) is 3.49. The third kappa shape index (κ3) is 5.86. The zero-order valence-electron chi connectivity index (χ0n) is 20.2. The standard InChI is InChI=1S/C28H24F2N4O4/c29-28(30)38-23-8-9-24(32-15-23)27(36)34-12-10-19(11-13-34)18-4-6-22(7-5-18)33-26(35)21-3-1-2-20(14-21)25-16-31-17-37-25/h1-9,14-17,19,28H,10-13H2,(H,33,35). The second-order valence-corrected chi connectivity index (χ2v) is 8.85. The summed E-state index contributed by atoms with van der Waals surface area (Å²) >= 11 is 0. The number of likely N-dealkylation sites (tertiary alicyclic amines) is 1. The van der Waals surface area contributed by atoms with Crippen LogP contribution in [0.25, 0.3) is 11.3 Å². The largest absolute Gasteiger partial charge is 0.444 e. The number of rotatable bonds is 7. The fraction of sp³-hybridized carbons (Fsp3) is 0.214. The monoisotopic (exact) mass is 518 g/mol. The molecule has 0 unspecified atom stereocenters. The molecule has 0 atom stereocenters. The number of amides is 2. The van der Waals surface area contributed by atoms with E-state index in [0.717, 1.165) is 30.2 Å². The molecule has 1 aliphatic rings. The van der Waals surface area contributed by atoms with Crippen molar-refractivity contribution in [3.63, 3.8) is 0 Å². The first-order valence-electron chi connectivity index (χ1n) is 12.1. The number of nitrogens with one attached hydrogen (secondary N) is 1. The Labute approximate surface area is 217 Å². The maximum absolute atomic E-state index is 12.8. The summed E-state index contributed by atoms with van der Waals surface area (Å²) in [5.41, 5.74) is 3.28. The highest BCUT2D eigenvalue weighted by atomic mass is 19.3. The molecule has 2 aromatic heterocycles.